The molecule has 2 N–H and O–H groups in total. The van der Waals surface area contributed by atoms with Crippen LogP contribution in [-0.4, -0.2) is 24.4 Å². The van der Waals surface area contributed by atoms with E-state index < -0.39 is 0 Å². The fourth-order valence-corrected chi connectivity index (χ4v) is 5.68. The van der Waals surface area contributed by atoms with Crippen LogP contribution in [0.4, 0.5) is 0 Å². The molecule has 0 fully saturated rings. The quantitative estimate of drug-likeness (QED) is 0.216. The van der Waals surface area contributed by atoms with Crippen molar-refractivity contribution >= 4 is 55.4 Å². The molecule has 0 aromatic heterocycles. The second kappa shape index (κ2) is 11.0. The van der Waals surface area contributed by atoms with E-state index in [9.17, 15) is 10.2 Å². The van der Waals surface area contributed by atoms with Gasteiger partial charge in [-0.05, 0) is 72.8 Å². The lowest BCUT2D eigenvalue weighted by atomic mass is 10.0. The van der Waals surface area contributed by atoms with Gasteiger partial charge in [0.1, 0.15) is 23.0 Å². The van der Waals surface area contributed by atoms with E-state index >= 15 is 0 Å². The van der Waals surface area contributed by atoms with E-state index in [0.717, 1.165) is 28.5 Å². The molecule has 34 heavy (non-hydrogen) atoms. The van der Waals surface area contributed by atoms with Crippen molar-refractivity contribution in [2.75, 3.05) is 14.2 Å². The zero-order valence-corrected chi connectivity index (χ0v) is 23.0. The first-order chi connectivity index (χ1) is 16.4. The van der Waals surface area contributed by atoms with Gasteiger partial charge in [-0.2, -0.15) is 0 Å². The van der Waals surface area contributed by atoms with Gasteiger partial charge < -0.3 is 19.7 Å². The average Bonchev–Trinajstić information content (AvgIpc) is 2.83. The van der Waals surface area contributed by atoms with Gasteiger partial charge in [0, 0.05) is 29.9 Å². The molecule has 0 radical (unpaired) electrons. The molecule has 4 aromatic carbocycles. The molecule has 0 saturated heterocycles. The van der Waals surface area contributed by atoms with Gasteiger partial charge in [-0.25, -0.2) is 0 Å². The summed E-state index contributed by atoms with van der Waals surface area (Å²) in [5, 5.41) is 21.7. The van der Waals surface area contributed by atoms with Crippen LogP contribution in [0.5, 0.6) is 23.0 Å². The molecule has 4 aromatic rings. The van der Waals surface area contributed by atoms with Crippen LogP contribution >= 0.6 is 55.4 Å². The zero-order chi connectivity index (χ0) is 24.2. The second-order valence-electron chi connectivity index (χ2n) is 7.15. The van der Waals surface area contributed by atoms with Gasteiger partial charge in [0.05, 0.1) is 24.0 Å². The number of phenols is 2. The number of aromatic hydroxyl groups is 2. The SMILES string of the molecule is COc1cc(-c2cc(OC)c(Sc3ccc(Br)cc3)cc2O)c(O)cc1Sc1ccc(Br)cc1. The van der Waals surface area contributed by atoms with Gasteiger partial charge in [-0.1, -0.05) is 55.4 Å². The Morgan fingerprint density at radius 3 is 1.26 bits per heavy atom. The van der Waals surface area contributed by atoms with Gasteiger partial charge >= 0.3 is 0 Å². The Balaban J connectivity index is 1.70. The number of hydrogen-bond acceptors (Lipinski definition) is 6. The van der Waals surface area contributed by atoms with Crippen LogP contribution < -0.4 is 9.47 Å². The highest BCUT2D eigenvalue weighted by atomic mass is 79.9. The third-order valence-electron chi connectivity index (χ3n) is 4.94. The minimum Gasteiger partial charge on any atom is -0.507 e. The van der Waals surface area contributed by atoms with E-state index in [0.29, 0.717) is 22.6 Å². The summed E-state index contributed by atoms with van der Waals surface area (Å²) >= 11 is 9.84. The number of hydrogen-bond donors (Lipinski definition) is 2. The molecule has 8 heteroatoms. The standard InChI is InChI=1S/C26H20Br2O4S2/c1-31-23-11-19(21(29)13-25(23)33-17-7-3-15(27)4-8-17)20-12-24(32-2)26(14-22(20)30)34-18-9-5-16(28)6-10-18/h3-14,29-30H,1-2H3. The smallest absolute Gasteiger partial charge is 0.133 e. The van der Waals surface area contributed by atoms with Crippen molar-refractivity contribution in [2.45, 2.75) is 19.6 Å². The van der Waals surface area contributed by atoms with E-state index in [2.05, 4.69) is 31.9 Å². The molecule has 4 rings (SSSR count). The van der Waals surface area contributed by atoms with Crippen LogP contribution in [0.15, 0.2) is 101 Å². The molecule has 0 aliphatic carbocycles. The summed E-state index contributed by atoms with van der Waals surface area (Å²) in [6.07, 6.45) is 0. The molecule has 0 aliphatic heterocycles. The Morgan fingerprint density at radius 2 is 0.941 bits per heavy atom. The lowest BCUT2D eigenvalue weighted by Gasteiger charge is -2.16. The van der Waals surface area contributed by atoms with Gasteiger partial charge in [0.2, 0.25) is 0 Å². The molecule has 0 atom stereocenters. The monoisotopic (exact) mass is 618 g/mol. The summed E-state index contributed by atoms with van der Waals surface area (Å²) < 4.78 is 13.2. The summed E-state index contributed by atoms with van der Waals surface area (Å²) in [5.41, 5.74) is 0.904. The molecule has 0 heterocycles. The minimum atomic E-state index is 0.0334. The predicted octanol–water partition coefficient (Wildman–Crippen LogP) is 8.61. The largest absolute Gasteiger partial charge is 0.507 e. The normalized spacial score (nSPS) is 10.8. The van der Waals surface area contributed by atoms with Crippen LogP contribution in [0, 0.1) is 0 Å². The molecule has 0 saturated carbocycles. The van der Waals surface area contributed by atoms with Crippen molar-refractivity contribution < 1.29 is 19.7 Å². The Labute approximate surface area is 223 Å². The number of phenolic OH excluding ortho intramolecular Hbond substituents is 2. The van der Waals surface area contributed by atoms with Crippen molar-refractivity contribution in [1.29, 1.82) is 0 Å². The molecule has 4 nitrogen and oxygen atoms in total. The average molecular weight is 620 g/mol. The summed E-state index contributed by atoms with van der Waals surface area (Å²) in [4.78, 5) is 3.54. The van der Waals surface area contributed by atoms with E-state index in [1.807, 2.05) is 48.5 Å². The Bertz CT molecular complexity index is 1210. The maximum absolute atomic E-state index is 10.9. The number of benzene rings is 4. The Hall–Kier alpha value is -2.26. The zero-order valence-electron chi connectivity index (χ0n) is 18.2. The fourth-order valence-electron chi connectivity index (χ4n) is 3.27. The molecule has 0 bridgehead atoms. The van der Waals surface area contributed by atoms with E-state index in [-0.39, 0.29) is 11.5 Å². The fraction of sp³-hybridized carbons (Fsp3) is 0.0769. The van der Waals surface area contributed by atoms with E-state index in [1.54, 1.807) is 38.5 Å². The third-order valence-corrected chi connectivity index (χ3v) is 8.09. The van der Waals surface area contributed by atoms with Crippen molar-refractivity contribution in [3.63, 3.8) is 0 Å². The maximum Gasteiger partial charge on any atom is 0.133 e. The van der Waals surface area contributed by atoms with Crippen molar-refractivity contribution in [3.05, 3.63) is 81.7 Å². The summed E-state index contributed by atoms with van der Waals surface area (Å²) in [7, 11) is 3.17. The van der Waals surface area contributed by atoms with Crippen LogP contribution in [0.1, 0.15) is 0 Å². The molecule has 0 aliphatic rings. The van der Waals surface area contributed by atoms with Gasteiger partial charge in [-0.15, -0.1) is 0 Å². The lowest BCUT2D eigenvalue weighted by molar-refractivity contribution is 0.400. The van der Waals surface area contributed by atoms with Crippen LogP contribution in [0.2, 0.25) is 0 Å². The highest BCUT2D eigenvalue weighted by Crippen LogP contribution is 2.47. The van der Waals surface area contributed by atoms with Gasteiger partial charge in [0.15, 0.2) is 0 Å². The second-order valence-corrected chi connectivity index (χ2v) is 11.2. The Kier molecular flexibility index (Phi) is 8.03. The number of halogens is 2. The summed E-state index contributed by atoms with van der Waals surface area (Å²) in [6, 6.07) is 22.5. The Morgan fingerprint density at radius 1 is 0.588 bits per heavy atom. The predicted molar refractivity (Wildman–Crippen MR) is 145 cm³/mol. The van der Waals surface area contributed by atoms with Gasteiger partial charge in [0.25, 0.3) is 0 Å². The lowest BCUT2D eigenvalue weighted by Crippen LogP contribution is -1.92. The topological polar surface area (TPSA) is 58.9 Å². The number of ether oxygens (including phenoxy) is 2. The van der Waals surface area contributed by atoms with Crippen LogP contribution in [0.25, 0.3) is 11.1 Å². The molecular formula is C26H20Br2O4S2. The van der Waals surface area contributed by atoms with Crippen LogP contribution in [0.3, 0.4) is 0 Å². The molecule has 0 unspecified atom stereocenters. The first-order valence-corrected chi connectivity index (χ1v) is 13.3. The molecule has 174 valence electrons. The number of methoxy groups -OCH3 is 2. The highest BCUT2D eigenvalue weighted by molar-refractivity contribution is 9.10. The van der Waals surface area contributed by atoms with Crippen LogP contribution in [-0.2, 0) is 0 Å². The molecular weight excluding hydrogens is 600 g/mol. The molecule has 0 spiro atoms. The third kappa shape index (κ3) is 5.68. The van der Waals surface area contributed by atoms with E-state index in [4.69, 9.17) is 9.47 Å². The first-order valence-electron chi connectivity index (χ1n) is 10.1. The van der Waals surface area contributed by atoms with Crippen molar-refractivity contribution in [3.8, 4) is 34.1 Å². The van der Waals surface area contributed by atoms with Crippen molar-refractivity contribution in [2.24, 2.45) is 0 Å². The minimum absolute atomic E-state index is 0.0334. The van der Waals surface area contributed by atoms with E-state index in [1.165, 1.54) is 23.5 Å². The van der Waals surface area contributed by atoms with Gasteiger partial charge in [-0.3, -0.25) is 0 Å². The first kappa shape index (κ1) is 24.9. The maximum atomic E-state index is 10.9. The van der Waals surface area contributed by atoms with Crippen molar-refractivity contribution in [1.82, 2.24) is 0 Å². The highest BCUT2D eigenvalue weighted by Gasteiger charge is 2.19. The summed E-state index contributed by atoms with van der Waals surface area (Å²) in [5.74, 6) is 1.25. The molecule has 0 amide bonds. The summed E-state index contributed by atoms with van der Waals surface area (Å²) in [6.45, 7) is 0. The number of rotatable bonds is 7.